The van der Waals surface area contributed by atoms with Crippen LogP contribution >= 0.6 is 0 Å². The molecular formula is C15H19NO2. The number of piperidine rings is 1. The van der Waals surface area contributed by atoms with E-state index in [4.69, 9.17) is 0 Å². The van der Waals surface area contributed by atoms with Crippen LogP contribution in [0.4, 0.5) is 0 Å². The van der Waals surface area contributed by atoms with Gasteiger partial charge in [-0.1, -0.05) is 18.2 Å². The van der Waals surface area contributed by atoms with E-state index in [1.165, 1.54) is 0 Å². The van der Waals surface area contributed by atoms with Gasteiger partial charge in [-0.05, 0) is 44.2 Å². The van der Waals surface area contributed by atoms with Gasteiger partial charge < -0.3 is 10.0 Å². The number of benzene rings is 1. The summed E-state index contributed by atoms with van der Waals surface area (Å²) in [5, 5.41) is 9.74. The third-order valence-electron chi connectivity index (χ3n) is 4.53. The molecule has 2 bridgehead atoms. The van der Waals surface area contributed by atoms with Crippen molar-refractivity contribution in [3.63, 3.8) is 0 Å². The molecule has 96 valence electrons. The van der Waals surface area contributed by atoms with Crippen molar-refractivity contribution < 1.29 is 9.90 Å². The van der Waals surface area contributed by atoms with Crippen molar-refractivity contribution in [2.45, 2.75) is 43.7 Å². The second-order valence-electron chi connectivity index (χ2n) is 5.51. The lowest BCUT2D eigenvalue weighted by Crippen LogP contribution is -2.55. The van der Waals surface area contributed by atoms with Crippen LogP contribution in [0.5, 0.6) is 0 Å². The highest BCUT2D eigenvalue weighted by atomic mass is 16.3. The third kappa shape index (κ3) is 1.65. The normalized spacial score (nSPS) is 30.5. The van der Waals surface area contributed by atoms with Gasteiger partial charge in [0.1, 0.15) is 0 Å². The molecule has 2 heterocycles. The molecule has 0 aromatic heterocycles. The molecule has 2 atom stereocenters. The van der Waals surface area contributed by atoms with E-state index in [-0.39, 0.29) is 18.1 Å². The van der Waals surface area contributed by atoms with Crippen LogP contribution in [-0.4, -0.2) is 34.1 Å². The number of rotatable bonds is 2. The quantitative estimate of drug-likeness (QED) is 0.867. The minimum atomic E-state index is -0.282. The second-order valence-corrected chi connectivity index (χ2v) is 5.51. The fourth-order valence-electron chi connectivity index (χ4n) is 3.59. The van der Waals surface area contributed by atoms with Crippen LogP contribution < -0.4 is 0 Å². The Morgan fingerprint density at radius 3 is 2.78 bits per heavy atom. The summed E-state index contributed by atoms with van der Waals surface area (Å²) in [5.74, 6) is 0.0897. The maximum Gasteiger partial charge on any atom is 0.254 e. The lowest BCUT2D eigenvalue weighted by molar-refractivity contribution is 0.0105. The number of hydrogen-bond donors (Lipinski definition) is 1. The zero-order chi connectivity index (χ0) is 12.6. The summed E-state index contributed by atoms with van der Waals surface area (Å²) in [7, 11) is 0. The summed E-state index contributed by atoms with van der Waals surface area (Å²) < 4.78 is 0. The molecule has 0 unspecified atom stereocenters. The summed E-state index contributed by atoms with van der Waals surface area (Å²) in [6.45, 7) is 0.0993. The number of hydrogen-bond acceptors (Lipinski definition) is 2. The number of carbonyl (C=O) groups is 1. The van der Waals surface area contributed by atoms with Crippen LogP contribution in [-0.2, 0) is 0 Å². The molecular weight excluding hydrogens is 226 g/mol. The first kappa shape index (κ1) is 11.7. The van der Waals surface area contributed by atoms with Crippen molar-refractivity contribution in [3.05, 3.63) is 35.9 Å². The molecule has 18 heavy (non-hydrogen) atoms. The highest BCUT2D eigenvalue weighted by molar-refractivity contribution is 5.95. The van der Waals surface area contributed by atoms with Crippen molar-refractivity contribution in [2.24, 2.45) is 0 Å². The fraction of sp³-hybridized carbons (Fsp3) is 0.533. The number of carbonyl (C=O) groups excluding carboxylic acids is 1. The van der Waals surface area contributed by atoms with Crippen molar-refractivity contribution >= 4 is 5.91 Å². The molecule has 1 aromatic rings. The summed E-state index contributed by atoms with van der Waals surface area (Å²) >= 11 is 0. The molecule has 3 nitrogen and oxygen atoms in total. The topological polar surface area (TPSA) is 40.5 Å². The van der Waals surface area contributed by atoms with Crippen LogP contribution in [0.2, 0.25) is 0 Å². The Kier molecular flexibility index (Phi) is 2.86. The van der Waals surface area contributed by atoms with E-state index in [1.54, 1.807) is 0 Å². The maximum atomic E-state index is 12.6. The molecule has 3 rings (SSSR count). The number of fused-ring (bicyclic) bond motifs is 2. The molecule has 2 aliphatic rings. The summed E-state index contributed by atoms with van der Waals surface area (Å²) in [6, 6.07) is 9.76. The molecule has 1 N–H and O–H groups in total. The van der Waals surface area contributed by atoms with Gasteiger partial charge in [-0.3, -0.25) is 4.79 Å². The Bertz CT molecular complexity index is 441. The van der Waals surface area contributed by atoms with E-state index >= 15 is 0 Å². The van der Waals surface area contributed by atoms with Crippen molar-refractivity contribution in [1.29, 1.82) is 0 Å². The second kappa shape index (κ2) is 4.39. The van der Waals surface area contributed by atoms with Gasteiger partial charge in [-0.15, -0.1) is 0 Å². The Balaban J connectivity index is 1.93. The van der Waals surface area contributed by atoms with E-state index in [0.29, 0.717) is 6.04 Å². The van der Waals surface area contributed by atoms with Gasteiger partial charge in [0.2, 0.25) is 0 Å². The van der Waals surface area contributed by atoms with Gasteiger partial charge in [0, 0.05) is 11.6 Å². The lowest BCUT2D eigenvalue weighted by Gasteiger charge is -2.44. The SMILES string of the molecule is O=C(c1ccccc1)N1[C@@H]2CCC[C@@]1(CO)CC2. The predicted molar refractivity (Wildman–Crippen MR) is 69.3 cm³/mol. The fourth-order valence-corrected chi connectivity index (χ4v) is 3.59. The Morgan fingerprint density at radius 1 is 1.28 bits per heavy atom. The first-order valence-corrected chi connectivity index (χ1v) is 6.76. The third-order valence-corrected chi connectivity index (χ3v) is 4.53. The monoisotopic (exact) mass is 245 g/mol. The van der Waals surface area contributed by atoms with E-state index in [2.05, 4.69) is 0 Å². The smallest absolute Gasteiger partial charge is 0.254 e. The highest BCUT2D eigenvalue weighted by Crippen LogP contribution is 2.44. The molecule has 2 aliphatic heterocycles. The average Bonchev–Trinajstić information content (AvgIpc) is 2.66. The summed E-state index contributed by atoms with van der Waals surface area (Å²) in [6.07, 6.45) is 5.15. The van der Waals surface area contributed by atoms with Crippen LogP contribution in [0.3, 0.4) is 0 Å². The molecule has 0 aliphatic carbocycles. The minimum absolute atomic E-state index is 0.0897. The molecule has 0 radical (unpaired) electrons. The standard InChI is InChI=1S/C15H19NO2/c17-11-15-9-4-7-13(8-10-15)16(15)14(18)12-5-2-1-3-6-12/h1-3,5-6,13,17H,4,7-11H2/t13-,15+/m1/s1. The van der Waals surface area contributed by atoms with Gasteiger partial charge >= 0.3 is 0 Å². The van der Waals surface area contributed by atoms with Crippen molar-refractivity contribution in [1.82, 2.24) is 4.90 Å². The molecule has 2 saturated heterocycles. The van der Waals surface area contributed by atoms with Crippen molar-refractivity contribution in [2.75, 3.05) is 6.61 Å². The van der Waals surface area contributed by atoms with Crippen LogP contribution in [0.1, 0.15) is 42.5 Å². The minimum Gasteiger partial charge on any atom is -0.394 e. The largest absolute Gasteiger partial charge is 0.394 e. The molecule has 3 heteroatoms. The van der Waals surface area contributed by atoms with Gasteiger partial charge in [0.05, 0.1) is 12.1 Å². The molecule has 1 aromatic carbocycles. The first-order valence-electron chi connectivity index (χ1n) is 6.76. The maximum absolute atomic E-state index is 12.6. The molecule has 0 spiro atoms. The number of aliphatic hydroxyl groups is 1. The van der Waals surface area contributed by atoms with Gasteiger partial charge in [0.25, 0.3) is 5.91 Å². The lowest BCUT2D eigenvalue weighted by atomic mass is 9.88. The van der Waals surface area contributed by atoms with Gasteiger partial charge in [-0.2, -0.15) is 0 Å². The Morgan fingerprint density at radius 2 is 2.06 bits per heavy atom. The van der Waals surface area contributed by atoms with Gasteiger partial charge in [-0.25, -0.2) is 0 Å². The number of amides is 1. The highest BCUT2D eigenvalue weighted by Gasteiger charge is 2.50. The Labute approximate surface area is 107 Å². The van der Waals surface area contributed by atoms with E-state index < -0.39 is 0 Å². The molecule has 2 fully saturated rings. The molecule has 1 amide bonds. The predicted octanol–water partition coefficient (Wildman–Crippen LogP) is 2.21. The van der Waals surface area contributed by atoms with Gasteiger partial charge in [0.15, 0.2) is 0 Å². The first-order chi connectivity index (χ1) is 8.77. The zero-order valence-electron chi connectivity index (χ0n) is 10.5. The zero-order valence-corrected chi connectivity index (χ0v) is 10.5. The van der Waals surface area contributed by atoms with E-state index in [1.807, 2.05) is 35.2 Å². The van der Waals surface area contributed by atoms with Crippen LogP contribution in [0, 0.1) is 0 Å². The van der Waals surface area contributed by atoms with E-state index in [0.717, 1.165) is 37.7 Å². The van der Waals surface area contributed by atoms with E-state index in [9.17, 15) is 9.90 Å². The number of nitrogens with zero attached hydrogens (tertiary/aromatic N) is 1. The number of aliphatic hydroxyl groups excluding tert-OH is 1. The molecule has 0 saturated carbocycles. The van der Waals surface area contributed by atoms with Crippen molar-refractivity contribution in [3.8, 4) is 0 Å². The Hall–Kier alpha value is -1.35. The van der Waals surface area contributed by atoms with Crippen LogP contribution in [0.15, 0.2) is 30.3 Å². The average molecular weight is 245 g/mol. The van der Waals surface area contributed by atoms with Crippen LogP contribution in [0.25, 0.3) is 0 Å². The summed E-state index contributed by atoms with van der Waals surface area (Å²) in [4.78, 5) is 14.6. The summed E-state index contributed by atoms with van der Waals surface area (Å²) in [5.41, 5.74) is 0.458.